The molecule has 0 spiro atoms. The number of hydrogen-bond donors (Lipinski definition) is 4. The van der Waals surface area contributed by atoms with Gasteiger partial charge in [0.1, 0.15) is 0 Å². The third-order valence-corrected chi connectivity index (χ3v) is 3.69. The van der Waals surface area contributed by atoms with Crippen molar-refractivity contribution >= 4 is 29.7 Å². The van der Waals surface area contributed by atoms with Gasteiger partial charge in [0.05, 0.1) is 0 Å². The highest BCUT2D eigenvalue weighted by molar-refractivity contribution is 6.12. The van der Waals surface area contributed by atoms with Gasteiger partial charge in [-0.05, 0) is 13.0 Å². The number of imide groups is 1. The predicted octanol–water partition coefficient (Wildman–Crippen LogP) is 1.11. The molecule has 2 heterocycles. The molecule has 0 aliphatic carbocycles. The van der Waals surface area contributed by atoms with Crippen LogP contribution in [0.4, 0.5) is 39.5 Å². The number of alkyl halides is 9. The molecule has 214 valence electrons. The maximum atomic E-state index is 11.3. The number of nitrogens with zero attached hydrogens (tertiary/aromatic N) is 2. The van der Waals surface area contributed by atoms with Crippen LogP contribution in [0.2, 0.25) is 0 Å². The topological polar surface area (TPSA) is 165 Å². The fraction of sp³-hybridized carbons (Fsp3) is 0.588. The molecular weight excluding hydrogens is 545 g/mol. The van der Waals surface area contributed by atoms with Crippen molar-refractivity contribution in [3.05, 3.63) is 12.2 Å². The Labute approximate surface area is 201 Å². The van der Waals surface area contributed by atoms with Gasteiger partial charge in [-0.15, -0.1) is 0 Å². The van der Waals surface area contributed by atoms with Crippen LogP contribution >= 0.6 is 0 Å². The van der Waals surface area contributed by atoms with Gasteiger partial charge >= 0.3 is 36.4 Å². The summed E-state index contributed by atoms with van der Waals surface area (Å²) in [6.07, 6.45) is -11.7. The number of carboxylic acids is 3. The summed E-state index contributed by atoms with van der Waals surface area (Å²) in [5.74, 6) is -8.62. The zero-order chi connectivity index (χ0) is 29.6. The number of rotatable bonds is 4. The van der Waals surface area contributed by atoms with Crippen LogP contribution in [-0.4, -0.2) is 113 Å². The van der Waals surface area contributed by atoms with Crippen molar-refractivity contribution in [2.24, 2.45) is 0 Å². The van der Waals surface area contributed by atoms with Gasteiger partial charge in [0.15, 0.2) is 0 Å². The Hall–Kier alpha value is -3.42. The summed E-state index contributed by atoms with van der Waals surface area (Å²) in [5.41, 5.74) is 0. The van der Waals surface area contributed by atoms with E-state index in [0.717, 1.165) is 39.1 Å². The number of piperazine rings is 1. The molecule has 11 nitrogen and oxygen atoms in total. The van der Waals surface area contributed by atoms with Gasteiger partial charge in [-0.2, -0.15) is 39.5 Å². The minimum absolute atomic E-state index is 0.176. The van der Waals surface area contributed by atoms with Crippen LogP contribution in [0.1, 0.15) is 6.42 Å². The van der Waals surface area contributed by atoms with Crippen molar-refractivity contribution in [1.29, 1.82) is 0 Å². The van der Waals surface area contributed by atoms with E-state index >= 15 is 0 Å². The van der Waals surface area contributed by atoms with Crippen LogP contribution in [0.5, 0.6) is 0 Å². The van der Waals surface area contributed by atoms with Crippen molar-refractivity contribution in [1.82, 2.24) is 15.1 Å². The Morgan fingerprint density at radius 2 is 1.00 bits per heavy atom. The summed E-state index contributed by atoms with van der Waals surface area (Å²) >= 11 is 0. The van der Waals surface area contributed by atoms with Crippen molar-refractivity contribution in [2.75, 3.05) is 39.3 Å². The molecule has 1 fully saturated rings. The number of amides is 2. The van der Waals surface area contributed by atoms with E-state index < -0.39 is 36.4 Å². The van der Waals surface area contributed by atoms with Gasteiger partial charge in [-0.25, -0.2) is 14.4 Å². The predicted molar refractivity (Wildman–Crippen MR) is 101 cm³/mol. The summed E-state index contributed by atoms with van der Waals surface area (Å²) in [5, 5.41) is 24.7. The Bertz CT molecular complexity index is 745. The maximum Gasteiger partial charge on any atom is 0.490 e. The third kappa shape index (κ3) is 17.6. The normalized spacial score (nSPS) is 16.0. The molecule has 20 heteroatoms. The van der Waals surface area contributed by atoms with Crippen LogP contribution in [0.25, 0.3) is 0 Å². The van der Waals surface area contributed by atoms with E-state index in [4.69, 9.17) is 29.7 Å². The van der Waals surface area contributed by atoms with Crippen LogP contribution in [-0.2, 0) is 24.0 Å². The van der Waals surface area contributed by atoms with Gasteiger partial charge in [-0.3, -0.25) is 14.5 Å². The monoisotopic (exact) mass is 565 g/mol. The molecule has 2 rings (SSSR count). The molecule has 0 aromatic carbocycles. The Morgan fingerprint density at radius 1 is 0.703 bits per heavy atom. The number of nitrogens with one attached hydrogen (secondary N) is 1. The van der Waals surface area contributed by atoms with E-state index in [9.17, 15) is 49.1 Å². The van der Waals surface area contributed by atoms with Gasteiger partial charge in [0.2, 0.25) is 0 Å². The van der Waals surface area contributed by atoms with Gasteiger partial charge < -0.3 is 25.5 Å². The fourth-order valence-corrected chi connectivity index (χ4v) is 2.04. The molecule has 4 N–H and O–H groups in total. The number of halogens is 9. The van der Waals surface area contributed by atoms with Crippen LogP contribution in [0.15, 0.2) is 12.2 Å². The highest BCUT2D eigenvalue weighted by Gasteiger charge is 2.39. The second kappa shape index (κ2) is 15.6. The van der Waals surface area contributed by atoms with Crippen molar-refractivity contribution in [3.63, 3.8) is 0 Å². The Kier molecular flexibility index (Phi) is 15.1. The lowest BCUT2D eigenvalue weighted by atomic mass is 10.3. The lowest BCUT2D eigenvalue weighted by Crippen LogP contribution is -2.44. The molecule has 0 unspecified atom stereocenters. The second-order valence-corrected chi connectivity index (χ2v) is 6.52. The standard InChI is InChI=1S/C11H17N3O2.3C2HF3O2/c15-10-2-3-11(16)14(10)7-1-6-13-8-4-12-5-9-13;3*3-2(4,5)1(6)7/h2-3,12H,1,4-9H2;3*(H,6,7). The zero-order valence-electron chi connectivity index (χ0n) is 18.3. The third-order valence-electron chi connectivity index (χ3n) is 3.69. The van der Waals surface area contributed by atoms with Crippen LogP contribution in [0.3, 0.4) is 0 Å². The van der Waals surface area contributed by atoms with Gasteiger partial charge in [-0.1, -0.05) is 0 Å². The van der Waals surface area contributed by atoms with Gasteiger partial charge in [0, 0.05) is 44.9 Å². The average Bonchev–Trinajstić information content (AvgIpc) is 3.06. The van der Waals surface area contributed by atoms with Crippen molar-refractivity contribution < 1.29 is 78.8 Å². The highest BCUT2D eigenvalue weighted by Crippen LogP contribution is 2.14. The largest absolute Gasteiger partial charge is 0.490 e. The molecule has 37 heavy (non-hydrogen) atoms. The summed E-state index contributed by atoms with van der Waals surface area (Å²) in [6.45, 7) is 5.67. The van der Waals surface area contributed by atoms with Crippen molar-refractivity contribution in [2.45, 2.75) is 24.9 Å². The highest BCUT2D eigenvalue weighted by atomic mass is 19.4. The first-order valence-corrected chi connectivity index (χ1v) is 9.47. The summed E-state index contributed by atoms with van der Waals surface area (Å²) < 4.78 is 95.2. The quantitative estimate of drug-likeness (QED) is 0.287. The first-order chi connectivity index (χ1) is 16.6. The molecule has 2 aliphatic heterocycles. The zero-order valence-corrected chi connectivity index (χ0v) is 18.3. The number of carbonyl (C=O) groups is 5. The van der Waals surface area contributed by atoms with E-state index in [-0.39, 0.29) is 11.8 Å². The van der Waals surface area contributed by atoms with E-state index in [1.807, 2.05) is 0 Å². The van der Waals surface area contributed by atoms with Gasteiger partial charge in [0.25, 0.3) is 11.8 Å². The molecule has 0 radical (unpaired) electrons. The molecule has 0 aromatic heterocycles. The van der Waals surface area contributed by atoms with Crippen LogP contribution in [0, 0.1) is 0 Å². The van der Waals surface area contributed by atoms with Crippen molar-refractivity contribution in [3.8, 4) is 0 Å². The lowest BCUT2D eigenvalue weighted by molar-refractivity contribution is -0.193. The smallest absolute Gasteiger partial charge is 0.475 e. The fourth-order valence-electron chi connectivity index (χ4n) is 2.04. The minimum Gasteiger partial charge on any atom is -0.475 e. The Balaban J connectivity index is 0. The van der Waals surface area contributed by atoms with Crippen LogP contribution < -0.4 is 5.32 Å². The summed E-state index contributed by atoms with van der Waals surface area (Å²) in [4.78, 5) is 52.9. The van der Waals surface area contributed by atoms with E-state index in [1.54, 1.807) is 0 Å². The molecule has 0 bridgehead atoms. The van der Waals surface area contributed by atoms with E-state index in [1.165, 1.54) is 17.1 Å². The molecule has 1 saturated heterocycles. The Morgan fingerprint density at radius 3 is 1.27 bits per heavy atom. The minimum atomic E-state index is -5.08. The molecule has 0 atom stereocenters. The number of aliphatic carboxylic acids is 3. The summed E-state index contributed by atoms with van der Waals surface area (Å²) in [7, 11) is 0. The molecule has 2 amide bonds. The molecule has 2 aliphatic rings. The van der Waals surface area contributed by atoms with E-state index in [2.05, 4.69) is 10.2 Å². The SMILES string of the molecule is O=C(O)C(F)(F)F.O=C(O)C(F)(F)F.O=C(O)C(F)(F)F.O=C1C=CC(=O)N1CCCN1CCNCC1. The lowest BCUT2D eigenvalue weighted by Gasteiger charge is -2.27. The first kappa shape index (κ1) is 35.7. The van der Waals surface area contributed by atoms with E-state index in [0.29, 0.717) is 6.54 Å². The second-order valence-electron chi connectivity index (χ2n) is 6.52. The number of hydrogen-bond acceptors (Lipinski definition) is 7. The maximum absolute atomic E-state index is 11.3. The average molecular weight is 565 g/mol. The molecule has 0 saturated carbocycles. The first-order valence-electron chi connectivity index (χ1n) is 9.47. The number of carboxylic acid groups (broad SMARTS) is 3. The molecule has 0 aromatic rings. The molecular formula is C17H20F9N3O8. The summed E-state index contributed by atoms with van der Waals surface area (Å²) in [6, 6.07) is 0. The number of carbonyl (C=O) groups excluding carboxylic acids is 2.